The van der Waals surface area contributed by atoms with Crippen molar-refractivity contribution in [3.8, 4) is 0 Å². The third kappa shape index (κ3) is 29.8. The van der Waals surface area contributed by atoms with Crippen molar-refractivity contribution in [1.82, 2.24) is 71.0 Å². The molecule has 14 rings (SSSR count). The summed E-state index contributed by atoms with van der Waals surface area (Å²) in [5, 5.41) is 18.2. The van der Waals surface area contributed by atoms with E-state index in [-0.39, 0.29) is 118 Å². The summed E-state index contributed by atoms with van der Waals surface area (Å²) in [6.45, 7) is 17.6. The molecule has 11 fully saturated rings. The minimum Gasteiger partial charge on any atom is -0.350 e. The number of hydrogen-bond donors (Lipinski definition) is 5. The molecule has 11 aliphatic rings. The number of rotatable bonds is 18. The Bertz CT molecular complexity index is 3670. The molecule has 5 N–H and O–H groups in total. The molecule has 0 radical (unpaired) electrons. The fourth-order valence-electron chi connectivity index (χ4n) is 19.3. The van der Waals surface area contributed by atoms with Gasteiger partial charge in [0.15, 0.2) is 0 Å². The Kier molecular flexibility index (Phi) is 38.3. The third-order valence-electron chi connectivity index (χ3n) is 26.3. The largest absolute Gasteiger partial charge is 0.350 e. The van der Waals surface area contributed by atoms with E-state index in [1.807, 2.05) is 173 Å². The Morgan fingerprint density at radius 3 is 1.00 bits per heavy atom. The standard InChI is InChI=1S/C15H21FN2O.C14H19ClN2O2.C14H19FN2O2.C14H23FN2O.C13H23FN2O.C12H21FN2O.C10H19FN2O/c1-15(2,11-7-5-4-6-8-11)17-14(19)13-9-12(16)10-18(13)3;2*1-16-10-12(15)8-13(16)14(18)17(19-2)9-11-6-4-3-5-7-11;1-17-9-11(15)8-12(17)13(18)16-14-6-2-4-10(14)5-3-7-14;1-13(6-4-3-5-7-13)15-12(17)11-8-10(14)9-16(11)2;1-12(5-3-4-6-12)14-11(16)10-7-9(13)8-15(10)2;1-10(2,3)12-9(14)8-5-7(11)6-13(8)4/h4-8,12-13H,9-10H2,1-3H3,(H,17,19);2*3-7,12-13H,8-10H2,1-2H3;10-12H,2-9H2,1H3,(H,16,18);10-11H,3-9H2,1-2H3,(H,15,17);9-10H,3-8H2,1-2H3,(H,14,16);7-8H,5-6H2,1-4H3,(H,12,14)/t3*12-,13-;10?,11-,12-,14?;10-,11-;9-,10-;7-,8-/m0000000/s1. The third-order valence-corrected chi connectivity index (χ3v) is 26.6. The molecule has 3 aromatic rings. The van der Waals surface area contributed by atoms with Crippen LogP contribution < -0.4 is 26.6 Å². The van der Waals surface area contributed by atoms with E-state index >= 15 is 0 Å². The van der Waals surface area contributed by atoms with Gasteiger partial charge in [0, 0.05) is 112 Å². The van der Waals surface area contributed by atoms with Crippen LogP contribution in [0.4, 0.5) is 26.3 Å². The summed E-state index contributed by atoms with van der Waals surface area (Å²) >= 11 is 6.10. The zero-order chi connectivity index (χ0) is 89.6. The van der Waals surface area contributed by atoms with Gasteiger partial charge < -0.3 is 26.6 Å². The molecule has 0 bridgehead atoms. The number of halogens is 7. The smallest absolute Gasteiger partial charge is 0.263 e. The Balaban J connectivity index is 0.000000177. The van der Waals surface area contributed by atoms with Crippen molar-refractivity contribution >= 4 is 53.0 Å². The monoisotopic (exact) mass is 1740 g/mol. The number of hydroxylamine groups is 4. The van der Waals surface area contributed by atoms with Gasteiger partial charge in [-0.1, -0.05) is 136 Å². The summed E-state index contributed by atoms with van der Waals surface area (Å²) in [4.78, 5) is 108. The van der Waals surface area contributed by atoms with Crippen LogP contribution in [0.15, 0.2) is 91.0 Å². The van der Waals surface area contributed by atoms with Crippen LogP contribution in [0.1, 0.15) is 206 Å². The van der Waals surface area contributed by atoms with Crippen molar-refractivity contribution in [2.24, 2.45) is 5.92 Å². The lowest BCUT2D eigenvalue weighted by atomic mass is 9.83. The molecule has 7 saturated heterocycles. The fourth-order valence-corrected chi connectivity index (χ4v) is 19.7. The van der Waals surface area contributed by atoms with Gasteiger partial charge in [0.25, 0.3) is 11.8 Å². The molecule has 686 valence electrons. The maximum atomic E-state index is 13.3. The number of carbonyl (C=O) groups is 7. The van der Waals surface area contributed by atoms with Gasteiger partial charge in [0.05, 0.1) is 75.1 Å². The summed E-state index contributed by atoms with van der Waals surface area (Å²) in [5.41, 5.74) is 2.32. The second-order valence-corrected chi connectivity index (χ2v) is 38.9. The van der Waals surface area contributed by atoms with Crippen LogP contribution in [0.3, 0.4) is 0 Å². The first-order valence-electron chi connectivity index (χ1n) is 44.4. The molecular formula is C92H145ClF6N14O9. The quantitative estimate of drug-likeness (QED) is 0.0453. The van der Waals surface area contributed by atoms with Crippen LogP contribution in [-0.2, 0) is 61.9 Å². The average molecular weight is 1740 g/mol. The minimum atomic E-state index is -0.936. The molecule has 4 saturated carbocycles. The van der Waals surface area contributed by atoms with Crippen molar-refractivity contribution in [3.63, 3.8) is 0 Å². The van der Waals surface area contributed by atoms with Crippen LogP contribution in [0.5, 0.6) is 0 Å². The number of carbonyl (C=O) groups excluding carboxylic acids is 7. The summed E-state index contributed by atoms with van der Waals surface area (Å²) in [6.07, 6.45) is 14.8. The van der Waals surface area contributed by atoms with Gasteiger partial charge in [0.2, 0.25) is 29.5 Å². The van der Waals surface area contributed by atoms with Gasteiger partial charge in [0.1, 0.15) is 37.0 Å². The Morgan fingerprint density at radius 2 is 0.689 bits per heavy atom. The number of nitrogens with zero attached hydrogens (tertiary/aromatic N) is 9. The highest BCUT2D eigenvalue weighted by Crippen LogP contribution is 2.48. The SMILES string of the molecule is CN1C[C@@H](F)C[C@H]1C(=O)NC(C)(C)C.CN1C[C@@H](F)C[C@H]1C(=O)NC(C)(C)c1ccccc1.CN1C[C@@H](F)C[C@H]1C(=O)NC1(C)CCCC1.CN1C[C@@H](F)C[C@H]1C(=O)NC1(C)CCCCC1.CN1C[C@@H](F)C[C@H]1C(=O)NC12CCCC1CCC2.CON(Cc1ccccc1)C(=O)[C@@H]1C[C@H](Cl)CN1C.CON(Cc1ccccc1)C(=O)[C@@H]1C[C@H](F)CN1C. The van der Waals surface area contributed by atoms with E-state index in [2.05, 4.69) is 40.4 Å². The predicted molar refractivity (Wildman–Crippen MR) is 466 cm³/mol. The minimum absolute atomic E-state index is 0.00653. The van der Waals surface area contributed by atoms with Gasteiger partial charge in [-0.05, 0) is 178 Å². The number of hydrogen-bond acceptors (Lipinski definition) is 16. The zero-order valence-corrected chi connectivity index (χ0v) is 76.3. The van der Waals surface area contributed by atoms with E-state index in [1.54, 1.807) is 35.8 Å². The highest BCUT2D eigenvalue weighted by molar-refractivity contribution is 6.21. The Hall–Kier alpha value is -6.54. The van der Waals surface area contributed by atoms with Gasteiger partial charge in [-0.15, -0.1) is 11.6 Å². The molecule has 7 aliphatic heterocycles. The van der Waals surface area contributed by atoms with E-state index in [0.717, 1.165) is 61.8 Å². The first kappa shape index (κ1) is 101. The van der Waals surface area contributed by atoms with E-state index in [4.69, 9.17) is 21.3 Å². The van der Waals surface area contributed by atoms with Crippen molar-refractivity contribution in [1.29, 1.82) is 0 Å². The lowest BCUT2D eigenvalue weighted by Gasteiger charge is -2.36. The molecule has 0 spiro atoms. The van der Waals surface area contributed by atoms with Gasteiger partial charge in [-0.25, -0.2) is 36.5 Å². The van der Waals surface area contributed by atoms with Crippen molar-refractivity contribution in [3.05, 3.63) is 108 Å². The maximum absolute atomic E-state index is 13.3. The molecule has 4 aliphatic carbocycles. The predicted octanol–water partition coefficient (Wildman–Crippen LogP) is 11.7. The lowest BCUT2D eigenvalue weighted by molar-refractivity contribution is -0.184. The molecule has 7 amide bonds. The van der Waals surface area contributed by atoms with Crippen LogP contribution >= 0.6 is 11.6 Å². The van der Waals surface area contributed by atoms with Gasteiger partial charge >= 0.3 is 0 Å². The van der Waals surface area contributed by atoms with E-state index in [1.165, 1.54) is 82.1 Å². The highest BCUT2D eigenvalue weighted by atomic mass is 35.5. The van der Waals surface area contributed by atoms with Gasteiger partial charge in [-0.2, -0.15) is 0 Å². The number of fused-ring (bicyclic) bond motifs is 1. The molecule has 0 unspecified atom stereocenters. The molecule has 7 heterocycles. The van der Waals surface area contributed by atoms with Crippen molar-refractivity contribution in [2.45, 2.75) is 315 Å². The number of nitrogens with one attached hydrogen (secondary N) is 5. The summed E-state index contributed by atoms with van der Waals surface area (Å²) < 4.78 is 79.4. The summed E-state index contributed by atoms with van der Waals surface area (Å²) in [7, 11) is 15.7. The van der Waals surface area contributed by atoms with Gasteiger partial charge in [-0.3, -0.25) is 77.5 Å². The van der Waals surface area contributed by atoms with Crippen LogP contribution in [0.2, 0.25) is 0 Å². The van der Waals surface area contributed by atoms with E-state index in [9.17, 15) is 59.9 Å². The second kappa shape index (κ2) is 46.3. The van der Waals surface area contributed by atoms with Crippen LogP contribution in [0.25, 0.3) is 0 Å². The summed E-state index contributed by atoms with van der Waals surface area (Å²) in [5.74, 6) is 0.368. The summed E-state index contributed by atoms with van der Waals surface area (Å²) in [6, 6.07) is 27.1. The molecular weight excluding hydrogens is 1590 g/mol. The molecule has 3 aromatic carbocycles. The number of likely N-dealkylation sites (N-methyl/N-ethyl adjacent to an activating group) is 7. The first-order chi connectivity index (χ1) is 57.5. The highest BCUT2D eigenvalue weighted by Gasteiger charge is 2.50. The average Bonchev–Trinajstić information content (AvgIpc) is 1.63. The number of alkyl halides is 7. The van der Waals surface area contributed by atoms with Crippen molar-refractivity contribution < 1.29 is 69.6 Å². The molecule has 14 atom stereocenters. The van der Waals surface area contributed by atoms with Crippen LogP contribution in [-0.4, -0.2) is 302 Å². The zero-order valence-electron chi connectivity index (χ0n) is 75.6. The van der Waals surface area contributed by atoms with Crippen molar-refractivity contribution in [2.75, 3.05) is 109 Å². The second-order valence-electron chi connectivity index (χ2n) is 38.3. The normalized spacial score (nSPS) is 30.2. The topological polar surface area (TPSA) is 227 Å². The number of benzene rings is 3. The fraction of sp³-hybridized carbons (Fsp3) is 0.728. The van der Waals surface area contributed by atoms with E-state index in [0.29, 0.717) is 90.4 Å². The number of amides is 7. The van der Waals surface area contributed by atoms with E-state index < -0.39 is 48.6 Å². The molecule has 30 heteroatoms. The molecule has 122 heavy (non-hydrogen) atoms. The maximum Gasteiger partial charge on any atom is 0.263 e. The molecule has 23 nitrogen and oxygen atoms in total. The number of likely N-dealkylation sites (tertiary alicyclic amines) is 7. The lowest BCUT2D eigenvalue weighted by Crippen LogP contribution is -2.53. The molecule has 0 aromatic heterocycles. The Morgan fingerprint density at radius 1 is 0.393 bits per heavy atom. The Labute approximate surface area is 728 Å². The first-order valence-corrected chi connectivity index (χ1v) is 44.8. The van der Waals surface area contributed by atoms with Crippen LogP contribution in [0, 0.1) is 5.92 Å².